The molecule has 0 saturated heterocycles. The Morgan fingerprint density at radius 3 is 2.12 bits per heavy atom. The quantitative estimate of drug-likeness (QED) is 0.450. The van der Waals surface area contributed by atoms with E-state index in [0.717, 1.165) is 30.6 Å². The van der Waals surface area contributed by atoms with Gasteiger partial charge in [-0.3, -0.25) is 9.32 Å². The van der Waals surface area contributed by atoms with Crippen LogP contribution in [0.5, 0.6) is 0 Å². The van der Waals surface area contributed by atoms with Crippen molar-refractivity contribution < 1.29 is 33.6 Å². The van der Waals surface area contributed by atoms with Crippen LogP contribution >= 0.6 is 19.2 Å². The van der Waals surface area contributed by atoms with E-state index in [1.165, 1.54) is 11.3 Å². The number of carbonyl (C=O) groups is 2. The number of amides is 1. The van der Waals surface area contributed by atoms with E-state index in [9.17, 15) is 19.3 Å². The van der Waals surface area contributed by atoms with E-state index >= 15 is 0 Å². The number of carboxylic acids is 1. The van der Waals surface area contributed by atoms with Gasteiger partial charge in [-0.05, 0) is 68.8 Å². The highest BCUT2D eigenvalue weighted by atomic mass is 32.1. The zero-order valence-corrected chi connectivity index (χ0v) is 21.5. The van der Waals surface area contributed by atoms with Gasteiger partial charge in [-0.25, -0.2) is 9.36 Å². The Balaban J connectivity index is 1.94. The van der Waals surface area contributed by atoms with Crippen LogP contribution in [0.15, 0.2) is 6.07 Å². The highest BCUT2D eigenvalue weighted by Gasteiger charge is 2.39. The Kier molecular flexibility index (Phi) is 8.12. The maximum absolute atomic E-state index is 13.8. The Morgan fingerprint density at radius 1 is 1.06 bits per heavy atom. The standard InChI is InChI=1S/C23H36NO7PS/c1-14-5-7-15(8-6-14)21(25)24(16-9-11-17(12-10-16)31-32(28,29)30)18-13-19(23(2,3)4)33-20(18)22(26)27/h13-17H,5-12H2,1-4H3,(H,26,27)(H2,28,29,30)/t14-,15-,16-,17-. The number of aromatic carboxylic acids is 1. The molecule has 3 N–H and O–H groups in total. The SMILES string of the molecule is CC(C)(C)c1cc(N(C(=O)[C@H]2CC[C@H](C)CC2)[C@H]2CC[C@H](OP(=O)(O)O)CC2)c(C(=O)O)s1. The molecule has 2 fully saturated rings. The van der Waals surface area contributed by atoms with Crippen molar-refractivity contribution in [1.82, 2.24) is 0 Å². The van der Waals surface area contributed by atoms with Gasteiger partial charge in [0.25, 0.3) is 0 Å². The summed E-state index contributed by atoms with van der Waals surface area (Å²) >= 11 is 1.22. The van der Waals surface area contributed by atoms with Gasteiger partial charge in [0.2, 0.25) is 5.91 Å². The van der Waals surface area contributed by atoms with Crippen molar-refractivity contribution in [3.63, 3.8) is 0 Å². The minimum absolute atomic E-state index is 0.0259. The van der Waals surface area contributed by atoms with E-state index in [0.29, 0.717) is 37.3 Å². The van der Waals surface area contributed by atoms with E-state index in [2.05, 4.69) is 6.92 Å². The first-order valence-electron chi connectivity index (χ1n) is 11.7. The Bertz CT molecular complexity index is 902. The molecule has 1 amide bonds. The highest BCUT2D eigenvalue weighted by molar-refractivity contribution is 7.46. The Morgan fingerprint density at radius 2 is 1.64 bits per heavy atom. The number of hydrogen-bond donors (Lipinski definition) is 3. The first-order chi connectivity index (χ1) is 15.3. The van der Waals surface area contributed by atoms with Gasteiger partial charge >= 0.3 is 13.8 Å². The summed E-state index contributed by atoms with van der Waals surface area (Å²) in [5, 5.41) is 9.95. The smallest absolute Gasteiger partial charge is 0.469 e. The first-order valence-corrected chi connectivity index (χ1v) is 14.1. The lowest BCUT2D eigenvalue weighted by Crippen LogP contribution is -2.47. The molecule has 3 rings (SSSR count). The summed E-state index contributed by atoms with van der Waals surface area (Å²) in [6, 6.07) is 1.63. The predicted octanol–water partition coefficient (Wildman–Crippen LogP) is 5.32. The number of carboxylic acid groups (broad SMARTS) is 1. The third-order valence-electron chi connectivity index (χ3n) is 6.80. The molecule has 8 nitrogen and oxygen atoms in total. The summed E-state index contributed by atoms with van der Waals surface area (Å²) in [4.78, 5) is 47.1. The van der Waals surface area contributed by atoms with Crippen molar-refractivity contribution in [2.24, 2.45) is 11.8 Å². The first kappa shape index (κ1) is 26.4. The molecule has 1 heterocycles. The number of hydrogen-bond acceptors (Lipinski definition) is 5. The van der Waals surface area contributed by atoms with Crippen molar-refractivity contribution in [3.8, 4) is 0 Å². The van der Waals surface area contributed by atoms with E-state index in [-0.39, 0.29) is 28.2 Å². The number of thiophene rings is 1. The molecular weight excluding hydrogens is 465 g/mol. The molecule has 0 radical (unpaired) electrons. The van der Waals surface area contributed by atoms with Crippen molar-refractivity contribution in [2.45, 2.75) is 96.6 Å². The summed E-state index contributed by atoms with van der Waals surface area (Å²) in [6.07, 6.45) is 4.79. The highest BCUT2D eigenvalue weighted by Crippen LogP contribution is 2.44. The maximum atomic E-state index is 13.8. The third kappa shape index (κ3) is 6.67. The number of phosphoric ester groups is 1. The number of nitrogens with zero attached hydrogens (tertiary/aromatic N) is 1. The van der Waals surface area contributed by atoms with E-state index in [1.54, 1.807) is 4.90 Å². The monoisotopic (exact) mass is 501 g/mol. The molecule has 2 aliphatic rings. The van der Waals surface area contributed by atoms with Crippen LogP contribution < -0.4 is 4.90 Å². The predicted molar refractivity (Wildman–Crippen MR) is 128 cm³/mol. The Hall–Kier alpha value is -1.25. The van der Waals surface area contributed by atoms with Crippen molar-refractivity contribution >= 4 is 36.7 Å². The molecule has 2 saturated carbocycles. The Labute approximate surface area is 199 Å². The van der Waals surface area contributed by atoms with Gasteiger partial charge in [-0.1, -0.05) is 27.7 Å². The van der Waals surface area contributed by atoms with Crippen molar-refractivity contribution in [2.75, 3.05) is 4.90 Å². The van der Waals surface area contributed by atoms with Gasteiger partial charge < -0.3 is 19.8 Å². The normalized spacial score (nSPS) is 26.7. The topological polar surface area (TPSA) is 124 Å². The maximum Gasteiger partial charge on any atom is 0.469 e. The third-order valence-corrected chi connectivity index (χ3v) is 8.91. The summed E-state index contributed by atoms with van der Waals surface area (Å²) < 4.78 is 16.1. The van der Waals surface area contributed by atoms with Crippen LogP contribution in [-0.4, -0.2) is 38.9 Å². The molecule has 0 atom stereocenters. The fourth-order valence-corrected chi connectivity index (χ4v) is 6.53. The summed E-state index contributed by atoms with van der Waals surface area (Å²) in [5.41, 5.74) is 0.206. The van der Waals surface area contributed by atoms with Crippen molar-refractivity contribution in [1.29, 1.82) is 0 Å². The molecule has 1 aromatic rings. The molecule has 0 aliphatic heterocycles. The molecular formula is C23H36NO7PS. The van der Waals surface area contributed by atoms with Crippen molar-refractivity contribution in [3.05, 3.63) is 15.8 Å². The lowest BCUT2D eigenvalue weighted by molar-refractivity contribution is -0.124. The van der Waals surface area contributed by atoms with Crippen LogP contribution in [0.3, 0.4) is 0 Å². The summed E-state index contributed by atoms with van der Waals surface area (Å²) in [5.74, 6) is -0.614. The lowest BCUT2D eigenvalue weighted by atomic mass is 9.81. The van der Waals surface area contributed by atoms with Gasteiger partial charge in [-0.15, -0.1) is 11.3 Å². The summed E-state index contributed by atoms with van der Waals surface area (Å²) in [7, 11) is -4.58. The van der Waals surface area contributed by atoms with Gasteiger partial charge in [0.15, 0.2) is 0 Å². The number of carbonyl (C=O) groups excluding carboxylic acids is 1. The molecule has 0 unspecified atom stereocenters. The minimum atomic E-state index is -4.58. The van der Waals surface area contributed by atoms with Gasteiger partial charge in [0, 0.05) is 16.8 Å². The van der Waals surface area contributed by atoms with Crippen LogP contribution in [0.2, 0.25) is 0 Å². The lowest BCUT2D eigenvalue weighted by Gasteiger charge is -2.39. The molecule has 0 aromatic carbocycles. The molecule has 0 bridgehead atoms. The van der Waals surface area contributed by atoms with E-state index in [1.807, 2.05) is 26.8 Å². The summed E-state index contributed by atoms with van der Waals surface area (Å²) in [6.45, 7) is 8.26. The minimum Gasteiger partial charge on any atom is -0.477 e. The van der Waals surface area contributed by atoms with Crippen LogP contribution in [0, 0.1) is 11.8 Å². The molecule has 186 valence electrons. The number of phosphoric acid groups is 1. The van der Waals surface area contributed by atoms with Crippen LogP contribution in [0.1, 0.15) is 93.6 Å². The van der Waals surface area contributed by atoms with Gasteiger partial charge in [-0.2, -0.15) is 0 Å². The molecule has 33 heavy (non-hydrogen) atoms. The largest absolute Gasteiger partial charge is 0.477 e. The second-order valence-corrected chi connectivity index (χ2v) is 12.8. The van der Waals surface area contributed by atoms with Gasteiger partial charge in [0.1, 0.15) is 4.88 Å². The molecule has 1 aromatic heterocycles. The molecule has 2 aliphatic carbocycles. The van der Waals surface area contributed by atoms with E-state index in [4.69, 9.17) is 14.3 Å². The average Bonchev–Trinajstić information content (AvgIpc) is 3.14. The van der Waals surface area contributed by atoms with Gasteiger partial charge in [0.05, 0.1) is 11.8 Å². The second kappa shape index (κ2) is 10.2. The average molecular weight is 502 g/mol. The zero-order valence-electron chi connectivity index (χ0n) is 19.8. The number of rotatable bonds is 6. The van der Waals surface area contributed by atoms with Crippen LogP contribution in [0.4, 0.5) is 5.69 Å². The number of anilines is 1. The second-order valence-electron chi connectivity index (χ2n) is 10.6. The molecule has 0 spiro atoms. The fourth-order valence-electron chi connectivity index (χ4n) is 4.89. The van der Waals surface area contributed by atoms with Crippen LogP contribution in [0.25, 0.3) is 0 Å². The van der Waals surface area contributed by atoms with E-state index < -0.39 is 19.9 Å². The fraction of sp³-hybridized carbons (Fsp3) is 0.739. The van der Waals surface area contributed by atoms with Crippen LogP contribution in [-0.2, 0) is 19.3 Å². The molecule has 10 heteroatoms. The zero-order chi connectivity index (χ0) is 24.6.